The molecule has 0 aliphatic rings. The number of anilines is 1. The molecule has 106 valence electrons. The van der Waals surface area contributed by atoms with Crippen LogP contribution in [0.5, 0.6) is 0 Å². The maximum atomic E-state index is 14.1. The Bertz CT molecular complexity index is 814. The van der Waals surface area contributed by atoms with Crippen molar-refractivity contribution in [1.29, 1.82) is 0 Å². The van der Waals surface area contributed by atoms with Crippen LogP contribution in [0.2, 0.25) is 10.0 Å². The fourth-order valence-electron chi connectivity index (χ4n) is 2.18. The van der Waals surface area contributed by atoms with Crippen molar-refractivity contribution in [3.8, 4) is 22.4 Å². The molecule has 2 aromatic carbocycles. The van der Waals surface area contributed by atoms with Crippen LogP contribution in [0.1, 0.15) is 0 Å². The van der Waals surface area contributed by atoms with Crippen LogP contribution in [-0.2, 0) is 0 Å². The van der Waals surface area contributed by atoms with Gasteiger partial charge in [-0.15, -0.1) is 0 Å². The van der Waals surface area contributed by atoms with Crippen LogP contribution in [0, 0.1) is 5.82 Å². The van der Waals surface area contributed by atoms with Gasteiger partial charge in [-0.2, -0.15) is 5.10 Å². The molecule has 21 heavy (non-hydrogen) atoms. The molecular formula is C15H10Cl2FN3. The van der Waals surface area contributed by atoms with Gasteiger partial charge in [0.15, 0.2) is 5.82 Å². The molecule has 0 aliphatic carbocycles. The van der Waals surface area contributed by atoms with E-state index >= 15 is 0 Å². The minimum absolute atomic E-state index is 0.248. The highest BCUT2D eigenvalue weighted by Gasteiger charge is 2.19. The molecular weight excluding hydrogens is 312 g/mol. The maximum Gasteiger partial charge on any atom is 0.153 e. The van der Waals surface area contributed by atoms with Crippen molar-refractivity contribution in [2.24, 2.45) is 0 Å². The van der Waals surface area contributed by atoms with Crippen LogP contribution in [-0.4, -0.2) is 10.2 Å². The second kappa shape index (κ2) is 5.39. The van der Waals surface area contributed by atoms with Gasteiger partial charge in [0, 0.05) is 21.2 Å². The third-order valence-electron chi connectivity index (χ3n) is 3.14. The van der Waals surface area contributed by atoms with Crippen molar-refractivity contribution in [3.63, 3.8) is 0 Å². The summed E-state index contributed by atoms with van der Waals surface area (Å²) < 4.78 is 14.1. The first-order valence-electron chi connectivity index (χ1n) is 6.12. The maximum absolute atomic E-state index is 14.1. The number of benzene rings is 2. The quantitative estimate of drug-likeness (QED) is 0.714. The van der Waals surface area contributed by atoms with Crippen LogP contribution >= 0.6 is 23.2 Å². The van der Waals surface area contributed by atoms with Crippen LogP contribution in [0.25, 0.3) is 22.4 Å². The first-order valence-corrected chi connectivity index (χ1v) is 6.87. The molecule has 3 N–H and O–H groups in total. The van der Waals surface area contributed by atoms with E-state index in [2.05, 4.69) is 10.2 Å². The molecule has 0 fully saturated rings. The molecule has 0 atom stereocenters. The van der Waals surface area contributed by atoms with Crippen LogP contribution in [0.3, 0.4) is 0 Å². The molecule has 0 aliphatic heterocycles. The van der Waals surface area contributed by atoms with E-state index in [-0.39, 0.29) is 5.82 Å². The van der Waals surface area contributed by atoms with Gasteiger partial charge in [0.2, 0.25) is 0 Å². The third kappa shape index (κ3) is 2.48. The molecule has 3 nitrogen and oxygen atoms in total. The molecule has 0 spiro atoms. The highest BCUT2D eigenvalue weighted by Crippen LogP contribution is 2.39. The topological polar surface area (TPSA) is 54.7 Å². The van der Waals surface area contributed by atoms with Gasteiger partial charge in [0.1, 0.15) is 5.82 Å². The SMILES string of the molecule is Nc1n[nH]c(-c2cc(Cl)ccc2F)c1-c1ccccc1Cl. The lowest BCUT2D eigenvalue weighted by atomic mass is 10.0. The Morgan fingerprint density at radius 1 is 1.05 bits per heavy atom. The lowest BCUT2D eigenvalue weighted by Crippen LogP contribution is -1.91. The van der Waals surface area contributed by atoms with Gasteiger partial charge >= 0.3 is 0 Å². The minimum atomic E-state index is -0.420. The smallest absolute Gasteiger partial charge is 0.153 e. The molecule has 0 amide bonds. The molecule has 0 saturated heterocycles. The number of hydrogen-bond donors (Lipinski definition) is 2. The van der Waals surface area contributed by atoms with Gasteiger partial charge in [-0.3, -0.25) is 5.10 Å². The summed E-state index contributed by atoms with van der Waals surface area (Å²) in [6.07, 6.45) is 0. The molecule has 1 aromatic heterocycles. The molecule has 0 bridgehead atoms. The summed E-state index contributed by atoms with van der Waals surface area (Å²) in [7, 11) is 0. The third-order valence-corrected chi connectivity index (χ3v) is 3.70. The zero-order chi connectivity index (χ0) is 15.0. The number of hydrogen-bond acceptors (Lipinski definition) is 2. The molecule has 1 heterocycles. The van der Waals surface area contributed by atoms with Crippen molar-refractivity contribution < 1.29 is 4.39 Å². The van der Waals surface area contributed by atoms with Gasteiger partial charge in [-0.1, -0.05) is 41.4 Å². The Morgan fingerprint density at radius 2 is 1.81 bits per heavy atom. The Hall–Kier alpha value is -2.04. The first kappa shape index (κ1) is 13.9. The molecule has 3 rings (SSSR count). The predicted octanol–water partition coefficient (Wildman–Crippen LogP) is 4.77. The largest absolute Gasteiger partial charge is 0.382 e. The van der Waals surface area contributed by atoms with E-state index in [0.717, 1.165) is 0 Å². The monoisotopic (exact) mass is 321 g/mol. The van der Waals surface area contributed by atoms with E-state index in [1.165, 1.54) is 18.2 Å². The number of nitrogens with two attached hydrogens (primary N) is 1. The number of nitrogens with one attached hydrogen (secondary N) is 1. The number of rotatable bonds is 2. The fraction of sp³-hybridized carbons (Fsp3) is 0. The normalized spacial score (nSPS) is 10.8. The summed E-state index contributed by atoms with van der Waals surface area (Å²) in [5.74, 6) is -0.172. The van der Waals surface area contributed by atoms with Gasteiger partial charge in [0.05, 0.1) is 11.3 Å². The average Bonchev–Trinajstić information content (AvgIpc) is 2.84. The second-order valence-corrected chi connectivity index (χ2v) is 5.31. The Balaban J connectivity index is 2.27. The molecule has 6 heteroatoms. The summed E-state index contributed by atoms with van der Waals surface area (Å²) in [5.41, 5.74) is 7.89. The van der Waals surface area contributed by atoms with Crippen LogP contribution < -0.4 is 5.73 Å². The molecule has 0 unspecified atom stereocenters. The average molecular weight is 322 g/mol. The lowest BCUT2D eigenvalue weighted by molar-refractivity contribution is 0.630. The van der Waals surface area contributed by atoms with E-state index in [9.17, 15) is 4.39 Å². The Kier molecular flexibility index (Phi) is 3.57. The zero-order valence-electron chi connectivity index (χ0n) is 10.7. The van der Waals surface area contributed by atoms with E-state index in [0.29, 0.717) is 32.4 Å². The van der Waals surface area contributed by atoms with Gasteiger partial charge < -0.3 is 5.73 Å². The van der Waals surface area contributed by atoms with E-state index in [4.69, 9.17) is 28.9 Å². The number of nitrogens with zero attached hydrogens (tertiary/aromatic N) is 1. The summed E-state index contributed by atoms with van der Waals surface area (Å²) in [6, 6.07) is 11.5. The van der Waals surface area contributed by atoms with Crippen molar-refractivity contribution in [3.05, 3.63) is 58.3 Å². The molecule has 0 radical (unpaired) electrons. The van der Waals surface area contributed by atoms with Crippen LogP contribution in [0.15, 0.2) is 42.5 Å². The highest BCUT2D eigenvalue weighted by molar-refractivity contribution is 6.33. The van der Waals surface area contributed by atoms with E-state index in [1.807, 2.05) is 12.1 Å². The van der Waals surface area contributed by atoms with E-state index < -0.39 is 5.82 Å². The van der Waals surface area contributed by atoms with Crippen molar-refractivity contribution in [2.75, 3.05) is 5.73 Å². The summed E-state index contributed by atoms with van der Waals surface area (Å²) in [5, 5.41) is 7.65. The number of H-pyrrole nitrogens is 1. The Labute approximate surface area is 130 Å². The summed E-state index contributed by atoms with van der Waals surface area (Å²) in [6.45, 7) is 0. The Morgan fingerprint density at radius 3 is 2.57 bits per heavy atom. The van der Waals surface area contributed by atoms with Crippen molar-refractivity contribution in [1.82, 2.24) is 10.2 Å². The second-order valence-electron chi connectivity index (χ2n) is 4.46. The van der Waals surface area contributed by atoms with Gasteiger partial charge in [-0.05, 0) is 24.3 Å². The first-order chi connectivity index (χ1) is 10.1. The number of aromatic nitrogens is 2. The highest BCUT2D eigenvalue weighted by atomic mass is 35.5. The summed E-state index contributed by atoms with van der Waals surface area (Å²) in [4.78, 5) is 0. The van der Waals surface area contributed by atoms with Gasteiger partial charge in [-0.25, -0.2) is 4.39 Å². The number of aromatic amines is 1. The van der Waals surface area contributed by atoms with Crippen molar-refractivity contribution in [2.45, 2.75) is 0 Å². The van der Waals surface area contributed by atoms with Gasteiger partial charge in [0.25, 0.3) is 0 Å². The lowest BCUT2D eigenvalue weighted by Gasteiger charge is -2.08. The van der Waals surface area contributed by atoms with E-state index in [1.54, 1.807) is 12.1 Å². The fourth-order valence-corrected chi connectivity index (χ4v) is 2.58. The molecule has 0 saturated carbocycles. The standard InChI is InChI=1S/C15H10Cl2FN3/c16-8-5-6-12(18)10(7-8)14-13(15(19)21-20-14)9-3-1-2-4-11(9)17/h1-7H,(H3,19,20,21). The van der Waals surface area contributed by atoms with Crippen LogP contribution in [0.4, 0.5) is 10.2 Å². The minimum Gasteiger partial charge on any atom is -0.382 e. The van der Waals surface area contributed by atoms with Crippen molar-refractivity contribution >= 4 is 29.0 Å². The number of nitrogen functional groups attached to an aromatic ring is 1. The summed E-state index contributed by atoms with van der Waals surface area (Å²) >= 11 is 12.1. The molecule has 3 aromatic rings. The number of halogens is 3. The zero-order valence-corrected chi connectivity index (χ0v) is 12.2. The predicted molar refractivity (Wildman–Crippen MR) is 83.9 cm³/mol.